The van der Waals surface area contributed by atoms with Crippen molar-refractivity contribution in [3.63, 3.8) is 0 Å². The molecule has 1 unspecified atom stereocenters. The molecule has 6 heteroatoms. The summed E-state index contributed by atoms with van der Waals surface area (Å²) in [5, 5.41) is 17.4. The van der Waals surface area contributed by atoms with Gasteiger partial charge in [-0.1, -0.05) is 32.6 Å². The SMILES string of the molecule is CCCCCCC(O[N+](=O)[O-])C(=O)O. The van der Waals surface area contributed by atoms with E-state index >= 15 is 0 Å². The molecule has 0 aliphatic rings. The number of carbonyl (C=O) groups is 1. The molecule has 6 nitrogen and oxygen atoms in total. The maximum absolute atomic E-state index is 10.5. The van der Waals surface area contributed by atoms with Crippen LogP contribution in [0.25, 0.3) is 0 Å². The Bertz CT molecular complexity index is 194. The Morgan fingerprint density at radius 3 is 2.57 bits per heavy atom. The molecule has 0 heterocycles. The molecule has 0 radical (unpaired) electrons. The summed E-state index contributed by atoms with van der Waals surface area (Å²) in [7, 11) is 0. The molecule has 0 aromatic carbocycles. The number of hydrogen-bond acceptors (Lipinski definition) is 4. The molecule has 1 N–H and O–H groups in total. The fourth-order valence-corrected chi connectivity index (χ4v) is 1.08. The topological polar surface area (TPSA) is 89.7 Å². The highest BCUT2D eigenvalue weighted by Gasteiger charge is 2.20. The molecule has 0 saturated carbocycles. The smallest absolute Gasteiger partial charge is 0.332 e. The molecule has 0 spiro atoms. The predicted molar refractivity (Wildman–Crippen MR) is 48.3 cm³/mol. The second-order valence-electron chi connectivity index (χ2n) is 3.01. The van der Waals surface area contributed by atoms with Gasteiger partial charge in [-0.25, -0.2) is 4.79 Å². The highest BCUT2D eigenvalue weighted by atomic mass is 17.0. The van der Waals surface area contributed by atoms with E-state index in [9.17, 15) is 14.9 Å². The lowest BCUT2D eigenvalue weighted by Gasteiger charge is -2.08. The Kier molecular flexibility index (Phi) is 6.43. The largest absolute Gasteiger partial charge is 0.480 e. The zero-order valence-corrected chi connectivity index (χ0v) is 8.14. The van der Waals surface area contributed by atoms with Gasteiger partial charge in [0.15, 0.2) is 0 Å². The summed E-state index contributed by atoms with van der Waals surface area (Å²) in [6.45, 7) is 2.03. The Hall–Kier alpha value is -1.33. The van der Waals surface area contributed by atoms with Crippen LogP contribution < -0.4 is 0 Å². The average molecular weight is 205 g/mol. The first-order valence-electron chi connectivity index (χ1n) is 4.62. The standard InChI is InChI=1S/C8H15NO5/c1-2-3-4-5-6-7(8(10)11)14-9(12)13/h7H,2-6H2,1H3,(H,10,11). The molecule has 0 fully saturated rings. The lowest BCUT2D eigenvalue weighted by molar-refractivity contribution is -0.765. The summed E-state index contributed by atoms with van der Waals surface area (Å²) in [6.07, 6.45) is 2.43. The van der Waals surface area contributed by atoms with Crippen molar-refractivity contribution in [2.75, 3.05) is 0 Å². The highest BCUT2D eigenvalue weighted by molar-refractivity contribution is 5.72. The van der Waals surface area contributed by atoms with Gasteiger partial charge < -0.3 is 5.11 Å². The van der Waals surface area contributed by atoms with Crippen molar-refractivity contribution in [1.29, 1.82) is 0 Å². The summed E-state index contributed by atoms with van der Waals surface area (Å²) < 4.78 is 0. The molecular weight excluding hydrogens is 190 g/mol. The van der Waals surface area contributed by atoms with Crippen LogP contribution in [-0.2, 0) is 9.63 Å². The number of aliphatic carboxylic acids is 1. The molecular formula is C8H15NO5. The molecule has 0 bridgehead atoms. The number of carboxylic acid groups (broad SMARTS) is 1. The van der Waals surface area contributed by atoms with Crippen LogP contribution in [0.1, 0.15) is 39.0 Å². The van der Waals surface area contributed by atoms with Crippen molar-refractivity contribution in [3.8, 4) is 0 Å². The molecule has 0 amide bonds. The van der Waals surface area contributed by atoms with Crippen LogP contribution in [0.3, 0.4) is 0 Å². The Balaban J connectivity index is 3.74. The monoisotopic (exact) mass is 205 g/mol. The lowest BCUT2D eigenvalue weighted by Crippen LogP contribution is -2.26. The van der Waals surface area contributed by atoms with Gasteiger partial charge in [-0.2, -0.15) is 0 Å². The Labute approximate surface area is 82.0 Å². The molecule has 0 rings (SSSR count). The molecule has 0 aromatic rings. The number of nitrogens with zero attached hydrogens (tertiary/aromatic N) is 1. The second kappa shape index (κ2) is 7.11. The van der Waals surface area contributed by atoms with Crippen molar-refractivity contribution >= 4 is 5.97 Å². The van der Waals surface area contributed by atoms with Crippen molar-refractivity contribution in [2.24, 2.45) is 0 Å². The Morgan fingerprint density at radius 1 is 1.50 bits per heavy atom. The van der Waals surface area contributed by atoms with Crippen LogP contribution in [0, 0.1) is 10.1 Å². The van der Waals surface area contributed by atoms with E-state index in [-0.39, 0.29) is 6.42 Å². The van der Waals surface area contributed by atoms with E-state index in [2.05, 4.69) is 4.84 Å². The third-order valence-electron chi connectivity index (χ3n) is 1.81. The minimum atomic E-state index is -1.32. The number of hydrogen-bond donors (Lipinski definition) is 1. The molecule has 0 aliphatic heterocycles. The van der Waals surface area contributed by atoms with Gasteiger partial charge >= 0.3 is 5.97 Å². The van der Waals surface area contributed by atoms with E-state index in [0.717, 1.165) is 19.3 Å². The maximum atomic E-state index is 10.5. The summed E-state index contributed by atoms with van der Waals surface area (Å²) in [5.41, 5.74) is 0. The normalized spacial score (nSPS) is 12.1. The fraction of sp³-hybridized carbons (Fsp3) is 0.875. The van der Waals surface area contributed by atoms with Crippen molar-refractivity contribution in [3.05, 3.63) is 10.1 Å². The number of carboxylic acids is 1. The van der Waals surface area contributed by atoms with Gasteiger partial charge in [-0.05, 0) is 6.42 Å². The van der Waals surface area contributed by atoms with Crippen molar-refractivity contribution in [2.45, 2.75) is 45.1 Å². The van der Waals surface area contributed by atoms with E-state index in [1.54, 1.807) is 0 Å². The second-order valence-corrected chi connectivity index (χ2v) is 3.01. The van der Waals surface area contributed by atoms with E-state index in [1.807, 2.05) is 6.92 Å². The molecule has 0 aromatic heterocycles. The van der Waals surface area contributed by atoms with Crippen LogP contribution in [0.5, 0.6) is 0 Å². The van der Waals surface area contributed by atoms with Gasteiger partial charge in [0.1, 0.15) is 0 Å². The summed E-state index contributed by atoms with van der Waals surface area (Å²) in [5.74, 6) is -1.28. The number of rotatable bonds is 8. The first-order valence-corrected chi connectivity index (χ1v) is 4.62. The molecule has 1 atom stereocenters. The van der Waals surface area contributed by atoms with Crippen molar-refractivity contribution in [1.82, 2.24) is 0 Å². The van der Waals surface area contributed by atoms with Crippen LogP contribution in [0.2, 0.25) is 0 Å². The van der Waals surface area contributed by atoms with E-state index < -0.39 is 17.2 Å². The third-order valence-corrected chi connectivity index (χ3v) is 1.81. The highest BCUT2D eigenvalue weighted by Crippen LogP contribution is 2.08. The van der Waals surface area contributed by atoms with Gasteiger partial charge in [0.05, 0.1) is 0 Å². The van der Waals surface area contributed by atoms with Crippen LogP contribution >= 0.6 is 0 Å². The minimum absolute atomic E-state index is 0.191. The molecule has 0 aliphatic carbocycles. The molecule has 0 saturated heterocycles. The van der Waals surface area contributed by atoms with Gasteiger partial charge in [-0.3, -0.25) is 4.84 Å². The van der Waals surface area contributed by atoms with Gasteiger partial charge in [0, 0.05) is 0 Å². The quantitative estimate of drug-likeness (QED) is 0.369. The summed E-state index contributed by atoms with van der Waals surface area (Å²) in [6, 6.07) is 0. The van der Waals surface area contributed by atoms with E-state index in [1.165, 1.54) is 0 Å². The zero-order chi connectivity index (χ0) is 11.0. The van der Waals surface area contributed by atoms with E-state index in [0.29, 0.717) is 6.42 Å². The average Bonchev–Trinajstić information content (AvgIpc) is 2.09. The Morgan fingerprint density at radius 2 is 2.14 bits per heavy atom. The van der Waals surface area contributed by atoms with E-state index in [4.69, 9.17) is 5.11 Å². The third kappa shape index (κ3) is 6.22. The zero-order valence-electron chi connectivity index (χ0n) is 8.14. The van der Waals surface area contributed by atoms with Crippen LogP contribution in [-0.4, -0.2) is 22.3 Å². The maximum Gasteiger partial charge on any atom is 0.332 e. The predicted octanol–water partition coefficient (Wildman–Crippen LogP) is 1.62. The first-order chi connectivity index (χ1) is 6.57. The minimum Gasteiger partial charge on any atom is -0.480 e. The fourth-order valence-electron chi connectivity index (χ4n) is 1.08. The van der Waals surface area contributed by atoms with Gasteiger partial charge in [0.25, 0.3) is 5.09 Å². The first kappa shape index (κ1) is 12.7. The summed E-state index contributed by atoms with van der Waals surface area (Å²) in [4.78, 5) is 24.4. The van der Waals surface area contributed by atoms with Crippen LogP contribution in [0.15, 0.2) is 0 Å². The lowest BCUT2D eigenvalue weighted by atomic mass is 10.1. The molecule has 82 valence electrons. The van der Waals surface area contributed by atoms with Gasteiger partial charge in [-0.15, -0.1) is 10.1 Å². The summed E-state index contributed by atoms with van der Waals surface area (Å²) >= 11 is 0. The van der Waals surface area contributed by atoms with Gasteiger partial charge in [0.2, 0.25) is 6.10 Å². The number of unbranched alkanes of at least 4 members (excludes halogenated alkanes) is 3. The molecule has 14 heavy (non-hydrogen) atoms. The van der Waals surface area contributed by atoms with Crippen molar-refractivity contribution < 1.29 is 19.8 Å². The van der Waals surface area contributed by atoms with Crippen LogP contribution in [0.4, 0.5) is 0 Å².